The molecule has 3 nitrogen and oxygen atoms in total. The fourth-order valence-electron chi connectivity index (χ4n) is 0.958. The fourth-order valence-corrected chi connectivity index (χ4v) is 0.958. The molecule has 0 spiro atoms. The first-order chi connectivity index (χ1) is 7.88. The van der Waals surface area contributed by atoms with E-state index < -0.39 is 0 Å². The molecule has 1 aromatic heterocycles. The van der Waals surface area contributed by atoms with Crippen LogP contribution in [0.5, 0.6) is 0 Å². The van der Waals surface area contributed by atoms with Gasteiger partial charge in [0, 0.05) is 30.4 Å². The third-order valence-corrected chi connectivity index (χ3v) is 1.53. The monoisotopic (exact) mass is 217 g/mol. The first-order valence-electron chi connectivity index (χ1n) is 5.46. The summed E-state index contributed by atoms with van der Waals surface area (Å²) in [6.45, 7) is 7.82. The third-order valence-electron chi connectivity index (χ3n) is 1.53. The molecule has 16 heavy (non-hydrogen) atoms. The Morgan fingerprint density at radius 3 is 2.31 bits per heavy atom. The van der Waals surface area contributed by atoms with Crippen molar-refractivity contribution in [3.05, 3.63) is 42.6 Å². The molecule has 0 aliphatic rings. The number of nitrogens with zero attached hydrogens (tertiary/aromatic N) is 3. The Hall–Kier alpha value is -1.77. The number of hydrogen-bond acceptors (Lipinski definition) is 3. The second-order valence-electron chi connectivity index (χ2n) is 2.56. The van der Waals surface area contributed by atoms with Gasteiger partial charge in [0.25, 0.3) is 0 Å². The van der Waals surface area contributed by atoms with Crippen LogP contribution < -0.4 is 0 Å². The lowest BCUT2D eigenvalue weighted by molar-refractivity contribution is 1.12. The van der Waals surface area contributed by atoms with Gasteiger partial charge in [0.1, 0.15) is 0 Å². The molecule has 0 N–H and O–H groups in total. The lowest BCUT2D eigenvalue weighted by atomic mass is 10.2. The van der Waals surface area contributed by atoms with E-state index in [9.17, 15) is 0 Å². The van der Waals surface area contributed by atoms with Crippen LogP contribution in [-0.4, -0.2) is 16.2 Å². The SMILES string of the molecule is CC.CC=N/C=C(\C=C/C)c1ncccn1. The summed E-state index contributed by atoms with van der Waals surface area (Å²) in [7, 11) is 0. The van der Waals surface area contributed by atoms with Crippen molar-refractivity contribution < 1.29 is 0 Å². The van der Waals surface area contributed by atoms with Crippen molar-refractivity contribution in [2.24, 2.45) is 4.99 Å². The van der Waals surface area contributed by atoms with Crippen molar-refractivity contribution in [2.75, 3.05) is 0 Å². The minimum atomic E-state index is 0.691. The van der Waals surface area contributed by atoms with Crippen molar-refractivity contribution in [3.63, 3.8) is 0 Å². The molecule has 3 heteroatoms. The first kappa shape index (κ1) is 14.2. The Morgan fingerprint density at radius 2 is 1.81 bits per heavy atom. The predicted molar refractivity (Wildman–Crippen MR) is 70.3 cm³/mol. The molecule has 1 rings (SSSR count). The molecule has 0 aliphatic carbocycles. The second kappa shape index (κ2) is 9.77. The van der Waals surface area contributed by atoms with Gasteiger partial charge in [-0.2, -0.15) is 0 Å². The molecule has 0 radical (unpaired) electrons. The largest absolute Gasteiger partial charge is 0.269 e. The summed E-state index contributed by atoms with van der Waals surface area (Å²) >= 11 is 0. The Morgan fingerprint density at radius 1 is 1.19 bits per heavy atom. The summed E-state index contributed by atoms with van der Waals surface area (Å²) < 4.78 is 0. The van der Waals surface area contributed by atoms with Gasteiger partial charge < -0.3 is 0 Å². The lowest BCUT2D eigenvalue weighted by Gasteiger charge is -1.97. The van der Waals surface area contributed by atoms with E-state index in [-0.39, 0.29) is 0 Å². The number of rotatable bonds is 3. The highest BCUT2D eigenvalue weighted by molar-refractivity contribution is 5.70. The van der Waals surface area contributed by atoms with Gasteiger partial charge in [-0.25, -0.2) is 9.97 Å². The smallest absolute Gasteiger partial charge is 0.160 e. The molecular weight excluding hydrogens is 198 g/mol. The Kier molecular flexibility index (Phi) is 8.69. The van der Waals surface area contributed by atoms with Gasteiger partial charge in [-0.3, -0.25) is 4.99 Å². The van der Waals surface area contributed by atoms with E-state index in [0.717, 1.165) is 5.57 Å². The minimum absolute atomic E-state index is 0.691. The average Bonchev–Trinajstić information content (AvgIpc) is 2.38. The predicted octanol–water partition coefficient (Wildman–Crippen LogP) is 3.51. The van der Waals surface area contributed by atoms with Crippen LogP contribution in [0, 0.1) is 0 Å². The maximum atomic E-state index is 4.15. The van der Waals surface area contributed by atoms with Crippen LogP contribution >= 0.6 is 0 Å². The maximum absolute atomic E-state index is 4.15. The number of allylic oxidation sites excluding steroid dienone is 3. The molecule has 86 valence electrons. The van der Waals surface area contributed by atoms with Crippen LogP contribution in [0.15, 0.2) is 41.8 Å². The Bertz CT molecular complexity index is 351. The van der Waals surface area contributed by atoms with E-state index in [4.69, 9.17) is 0 Å². The van der Waals surface area contributed by atoms with Gasteiger partial charge in [-0.15, -0.1) is 0 Å². The van der Waals surface area contributed by atoms with Crippen molar-refractivity contribution in [2.45, 2.75) is 27.7 Å². The van der Waals surface area contributed by atoms with E-state index in [1.807, 2.05) is 39.8 Å². The quantitative estimate of drug-likeness (QED) is 0.574. The molecule has 1 aromatic rings. The molecule has 0 saturated carbocycles. The van der Waals surface area contributed by atoms with Gasteiger partial charge in [-0.1, -0.05) is 26.0 Å². The maximum Gasteiger partial charge on any atom is 0.160 e. The Balaban J connectivity index is 0.00000106. The highest BCUT2D eigenvalue weighted by Gasteiger charge is 1.97. The molecule has 0 unspecified atom stereocenters. The molecule has 1 heterocycles. The average molecular weight is 217 g/mol. The van der Waals surface area contributed by atoms with Crippen LogP contribution in [-0.2, 0) is 0 Å². The summed E-state index contributed by atoms with van der Waals surface area (Å²) in [5.41, 5.74) is 0.909. The molecule has 0 fully saturated rings. The van der Waals surface area contributed by atoms with Crippen molar-refractivity contribution in [3.8, 4) is 0 Å². The second-order valence-corrected chi connectivity index (χ2v) is 2.56. The zero-order chi connectivity index (χ0) is 12.2. The van der Waals surface area contributed by atoms with E-state index in [1.165, 1.54) is 0 Å². The van der Waals surface area contributed by atoms with Gasteiger partial charge >= 0.3 is 0 Å². The van der Waals surface area contributed by atoms with Gasteiger partial charge in [0.2, 0.25) is 0 Å². The zero-order valence-corrected chi connectivity index (χ0v) is 10.4. The molecular formula is C13H19N3. The number of hydrogen-bond donors (Lipinski definition) is 0. The topological polar surface area (TPSA) is 38.1 Å². The molecule has 0 bridgehead atoms. The van der Waals surface area contributed by atoms with Gasteiger partial charge in [-0.05, 0) is 19.9 Å². The molecule has 0 amide bonds. The molecule has 0 aromatic carbocycles. The standard InChI is InChI=1S/C11H13N3.C2H6/c1-3-6-10(9-12-4-2)11-13-7-5-8-14-11;1-2/h3-9H,1-2H3;1-2H3/b6-3-,10-9+,12-4?;. The van der Waals surface area contributed by atoms with Crippen LogP contribution in [0.25, 0.3) is 5.57 Å². The molecule has 0 saturated heterocycles. The summed E-state index contributed by atoms with van der Waals surface area (Å²) in [4.78, 5) is 12.3. The van der Waals surface area contributed by atoms with Gasteiger partial charge in [0.15, 0.2) is 5.82 Å². The fraction of sp³-hybridized carbons (Fsp3) is 0.308. The minimum Gasteiger partial charge on any atom is -0.269 e. The zero-order valence-electron chi connectivity index (χ0n) is 10.4. The van der Waals surface area contributed by atoms with E-state index in [2.05, 4.69) is 15.0 Å². The van der Waals surface area contributed by atoms with Crippen LogP contribution in [0.2, 0.25) is 0 Å². The van der Waals surface area contributed by atoms with Crippen molar-refractivity contribution in [1.29, 1.82) is 0 Å². The first-order valence-corrected chi connectivity index (χ1v) is 5.46. The Labute approximate surface area is 97.7 Å². The van der Waals surface area contributed by atoms with Crippen molar-refractivity contribution in [1.82, 2.24) is 9.97 Å². The van der Waals surface area contributed by atoms with E-state index in [0.29, 0.717) is 5.82 Å². The number of aliphatic imine (C=N–C) groups is 1. The molecule has 0 aliphatic heterocycles. The van der Waals surface area contributed by atoms with Crippen molar-refractivity contribution >= 4 is 11.8 Å². The normalized spacial score (nSPS) is 11.6. The highest BCUT2D eigenvalue weighted by Crippen LogP contribution is 2.09. The van der Waals surface area contributed by atoms with E-state index >= 15 is 0 Å². The van der Waals surface area contributed by atoms with Crippen LogP contribution in [0.1, 0.15) is 33.5 Å². The highest BCUT2D eigenvalue weighted by atomic mass is 14.9. The third kappa shape index (κ3) is 5.20. The lowest BCUT2D eigenvalue weighted by Crippen LogP contribution is -1.89. The summed E-state index contributed by atoms with van der Waals surface area (Å²) in [5.74, 6) is 0.691. The number of aromatic nitrogens is 2. The van der Waals surface area contributed by atoms with Crippen LogP contribution in [0.4, 0.5) is 0 Å². The summed E-state index contributed by atoms with van der Waals surface area (Å²) in [6, 6.07) is 1.79. The molecule has 0 atom stereocenters. The summed E-state index contributed by atoms with van der Waals surface area (Å²) in [6.07, 6.45) is 10.8. The van der Waals surface area contributed by atoms with Crippen LogP contribution in [0.3, 0.4) is 0 Å². The summed E-state index contributed by atoms with van der Waals surface area (Å²) in [5, 5.41) is 0. The van der Waals surface area contributed by atoms with Gasteiger partial charge in [0.05, 0.1) is 0 Å². The van der Waals surface area contributed by atoms with E-state index in [1.54, 1.807) is 30.9 Å².